The molecule has 3 atom stereocenters. The lowest BCUT2D eigenvalue weighted by Gasteiger charge is -2.29. The highest BCUT2D eigenvalue weighted by Crippen LogP contribution is 2.46. The van der Waals surface area contributed by atoms with Crippen molar-refractivity contribution < 1.29 is 14.7 Å². The lowest BCUT2D eigenvalue weighted by atomic mass is 9.79. The summed E-state index contributed by atoms with van der Waals surface area (Å²) in [5, 5.41) is 12.3. The van der Waals surface area contributed by atoms with Crippen molar-refractivity contribution in [2.45, 2.75) is 70.3 Å². The lowest BCUT2D eigenvalue weighted by Crippen LogP contribution is -2.41. The lowest BCUT2D eigenvalue weighted by molar-refractivity contribution is -0.140. The molecule has 0 radical (unpaired) electrons. The molecule has 2 bridgehead atoms. The predicted molar refractivity (Wildman–Crippen MR) is 75.1 cm³/mol. The maximum Gasteiger partial charge on any atom is 0.303 e. The van der Waals surface area contributed by atoms with Crippen LogP contribution in [-0.2, 0) is 9.59 Å². The van der Waals surface area contributed by atoms with Crippen molar-refractivity contribution >= 4 is 11.9 Å². The Bertz CT molecular complexity index is 401. The van der Waals surface area contributed by atoms with Crippen LogP contribution in [0.1, 0.15) is 64.2 Å². The molecule has 4 heteroatoms. The summed E-state index contributed by atoms with van der Waals surface area (Å²) in [6, 6.07) is 0.365. The molecule has 0 aromatic heterocycles. The summed E-state index contributed by atoms with van der Waals surface area (Å²) >= 11 is 0. The summed E-state index contributed by atoms with van der Waals surface area (Å²) in [4.78, 5) is 23.4. The van der Waals surface area contributed by atoms with Gasteiger partial charge in [0.1, 0.15) is 0 Å². The van der Waals surface area contributed by atoms with E-state index in [-0.39, 0.29) is 17.7 Å². The molecule has 0 spiro atoms. The zero-order valence-corrected chi connectivity index (χ0v) is 12.1. The van der Waals surface area contributed by atoms with Gasteiger partial charge in [-0.05, 0) is 49.4 Å². The molecular weight excluding hydrogens is 254 g/mol. The number of fused-ring (bicyclic) bond motifs is 2. The van der Waals surface area contributed by atoms with Crippen LogP contribution in [0.15, 0.2) is 0 Å². The Hall–Kier alpha value is -1.06. The molecule has 0 aromatic rings. The number of amides is 1. The Kier molecular flexibility index (Phi) is 3.74. The van der Waals surface area contributed by atoms with E-state index in [9.17, 15) is 9.59 Å². The highest BCUT2D eigenvalue weighted by molar-refractivity contribution is 5.78. The van der Waals surface area contributed by atoms with Gasteiger partial charge in [-0.15, -0.1) is 0 Å². The number of carbonyl (C=O) groups is 2. The predicted octanol–water partition coefficient (Wildman–Crippen LogP) is 2.72. The van der Waals surface area contributed by atoms with Crippen LogP contribution in [-0.4, -0.2) is 23.0 Å². The average molecular weight is 279 g/mol. The van der Waals surface area contributed by atoms with Gasteiger partial charge in [-0.1, -0.05) is 19.3 Å². The molecule has 3 aliphatic carbocycles. The third-order valence-corrected chi connectivity index (χ3v) is 5.81. The topological polar surface area (TPSA) is 66.4 Å². The number of aliphatic carboxylic acids is 1. The van der Waals surface area contributed by atoms with Crippen LogP contribution in [0.3, 0.4) is 0 Å². The molecule has 3 unspecified atom stereocenters. The number of nitrogens with one attached hydrogen (secondary N) is 1. The van der Waals surface area contributed by atoms with Crippen LogP contribution in [0.25, 0.3) is 0 Å². The summed E-state index contributed by atoms with van der Waals surface area (Å²) in [6.45, 7) is 0. The number of carbonyl (C=O) groups excluding carboxylic acids is 1. The van der Waals surface area contributed by atoms with Crippen LogP contribution in [0, 0.1) is 17.3 Å². The standard InChI is InChI=1S/C16H25NO3/c18-14(17-13-8-11-3-4-12(13)7-11)9-16(10-15(19)20)5-1-2-6-16/h11-13H,1-10H2,(H,17,18)(H,19,20). The molecule has 0 heterocycles. The molecule has 0 aliphatic heterocycles. The minimum atomic E-state index is -0.764. The molecule has 3 fully saturated rings. The molecule has 3 rings (SSSR count). The molecule has 3 aliphatic rings. The van der Waals surface area contributed by atoms with Gasteiger partial charge in [0.15, 0.2) is 0 Å². The Morgan fingerprint density at radius 2 is 1.85 bits per heavy atom. The van der Waals surface area contributed by atoms with Crippen LogP contribution < -0.4 is 5.32 Å². The first kappa shape index (κ1) is 13.9. The summed E-state index contributed by atoms with van der Waals surface area (Å²) in [5.41, 5.74) is -0.270. The van der Waals surface area contributed by atoms with E-state index in [1.54, 1.807) is 0 Å². The minimum Gasteiger partial charge on any atom is -0.481 e. The first-order valence-corrected chi connectivity index (χ1v) is 8.07. The minimum absolute atomic E-state index is 0.0886. The SMILES string of the molecule is O=C(O)CC1(CC(=O)NC2CC3CCC2C3)CCCC1. The van der Waals surface area contributed by atoms with E-state index in [2.05, 4.69) is 5.32 Å². The van der Waals surface area contributed by atoms with E-state index in [1.807, 2.05) is 0 Å². The number of rotatable bonds is 5. The zero-order valence-electron chi connectivity index (χ0n) is 12.1. The van der Waals surface area contributed by atoms with Crippen LogP contribution in [0.5, 0.6) is 0 Å². The van der Waals surface area contributed by atoms with Gasteiger partial charge in [-0.2, -0.15) is 0 Å². The molecule has 0 saturated heterocycles. The van der Waals surface area contributed by atoms with Crippen molar-refractivity contribution in [3.63, 3.8) is 0 Å². The van der Waals surface area contributed by atoms with Gasteiger partial charge in [0.05, 0.1) is 6.42 Å². The third kappa shape index (κ3) is 2.84. The summed E-state index contributed by atoms with van der Waals surface area (Å²) in [6.07, 6.45) is 9.49. The highest BCUT2D eigenvalue weighted by Gasteiger charge is 2.42. The molecule has 4 nitrogen and oxygen atoms in total. The Labute approximate surface area is 120 Å². The van der Waals surface area contributed by atoms with Gasteiger partial charge < -0.3 is 10.4 Å². The molecule has 3 saturated carbocycles. The molecule has 0 aromatic carbocycles. The molecule has 20 heavy (non-hydrogen) atoms. The van der Waals surface area contributed by atoms with E-state index >= 15 is 0 Å². The quantitative estimate of drug-likeness (QED) is 0.813. The molecule has 2 N–H and O–H groups in total. The third-order valence-electron chi connectivity index (χ3n) is 5.81. The van der Waals surface area contributed by atoms with Gasteiger partial charge in [0, 0.05) is 12.5 Å². The van der Waals surface area contributed by atoms with Crippen molar-refractivity contribution in [2.75, 3.05) is 0 Å². The van der Waals surface area contributed by atoms with Crippen molar-refractivity contribution in [1.82, 2.24) is 5.32 Å². The fourth-order valence-electron chi connectivity index (χ4n) is 4.88. The smallest absolute Gasteiger partial charge is 0.303 e. The van der Waals surface area contributed by atoms with Gasteiger partial charge in [-0.25, -0.2) is 0 Å². The zero-order chi connectivity index (χ0) is 14.2. The van der Waals surface area contributed by atoms with Crippen molar-refractivity contribution in [1.29, 1.82) is 0 Å². The fourth-order valence-corrected chi connectivity index (χ4v) is 4.88. The Balaban J connectivity index is 1.55. The van der Waals surface area contributed by atoms with E-state index in [1.165, 1.54) is 19.3 Å². The number of hydrogen-bond donors (Lipinski definition) is 2. The van der Waals surface area contributed by atoms with Gasteiger partial charge >= 0.3 is 5.97 Å². The normalized spacial score (nSPS) is 34.3. The van der Waals surface area contributed by atoms with E-state index in [4.69, 9.17) is 5.11 Å². The van der Waals surface area contributed by atoms with E-state index < -0.39 is 5.97 Å². The van der Waals surface area contributed by atoms with Gasteiger partial charge in [0.2, 0.25) is 5.91 Å². The summed E-state index contributed by atoms with van der Waals surface area (Å²) in [7, 11) is 0. The van der Waals surface area contributed by atoms with Crippen molar-refractivity contribution in [3.05, 3.63) is 0 Å². The van der Waals surface area contributed by atoms with E-state index in [0.29, 0.717) is 18.4 Å². The molecule has 112 valence electrons. The summed E-state index contributed by atoms with van der Waals surface area (Å²) in [5.74, 6) is 0.832. The molecular formula is C16H25NO3. The summed E-state index contributed by atoms with van der Waals surface area (Å²) < 4.78 is 0. The number of hydrogen-bond acceptors (Lipinski definition) is 2. The van der Waals surface area contributed by atoms with E-state index in [0.717, 1.165) is 38.0 Å². The van der Waals surface area contributed by atoms with Gasteiger partial charge in [0.25, 0.3) is 0 Å². The monoisotopic (exact) mass is 279 g/mol. The second-order valence-corrected chi connectivity index (χ2v) is 7.30. The second kappa shape index (κ2) is 5.38. The van der Waals surface area contributed by atoms with Crippen LogP contribution in [0.4, 0.5) is 0 Å². The molecule has 1 amide bonds. The Morgan fingerprint density at radius 3 is 2.40 bits per heavy atom. The number of carboxylic acid groups (broad SMARTS) is 1. The largest absolute Gasteiger partial charge is 0.481 e. The maximum absolute atomic E-state index is 12.3. The van der Waals surface area contributed by atoms with Crippen molar-refractivity contribution in [3.8, 4) is 0 Å². The first-order chi connectivity index (χ1) is 9.56. The van der Waals surface area contributed by atoms with Gasteiger partial charge in [-0.3, -0.25) is 9.59 Å². The average Bonchev–Trinajstić information content (AvgIpc) is 3.04. The van der Waals surface area contributed by atoms with Crippen LogP contribution >= 0.6 is 0 Å². The maximum atomic E-state index is 12.3. The van der Waals surface area contributed by atoms with Crippen LogP contribution in [0.2, 0.25) is 0 Å². The Morgan fingerprint density at radius 1 is 1.10 bits per heavy atom. The highest BCUT2D eigenvalue weighted by atomic mass is 16.4. The van der Waals surface area contributed by atoms with Crippen molar-refractivity contribution in [2.24, 2.45) is 17.3 Å². The fraction of sp³-hybridized carbons (Fsp3) is 0.875. The number of carboxylic acids is 1. The second-order valence-electron chi connectivity index (χ2n) is 7.30. The first-order valence-electron chi connectivity index (χ1n) is 8.07.